The molecule has 7 nitrogen and oxygen atoms in total. The fourth-order valence-corrected chi connectivity index (χ4v) is 5.61. The van der Waals surface area contributed by atoms with Crippen LogP contribution in [0.3, 0.4) is 0 Å². The third-order valence-corrected chi connectivity index (χ3v) is 7.09. The van der Waals surface area contributed by atoms with Crippen molar-refractivity contribution in [2.45, 2.75) is 40.2 Å². The van der Waals surface area contributed by atoms with Crippen LogP contribution in [0.2, 0.25) is 0 Å². The van der Waals surface area contributed by atoms with Crippen LogP contribution in [0.25, 0.3) is 11.0 Å². The Bertz CT molecular complexity index is 1200. The van der Waals surface area contributed by atoms with E-state index in [4.69, 9.17) is 4.42 Å². The summed E-state index contributed by atoms with van der Waals surface area (Å²) in [6, 6.07) is 5.47. The molecule has 148 valence electrons. The van der Waals surface area contributed by atoms with Gasteiger partial charge in [-0.3, -0.25) is 4.79 Å². The molecule has 1 fully saturated rings. The number of anilines is 1. The van der Waals surface area contributed by atoms with Gasteiger partial charge in [0.15, 0.2) is 15.6 Å². The van der Waals surface area contributed by atoms with Gasteiger partial charge < -0.3 is 9.73 Å². The SMILES string of the molecule is Cc1cc(NC(=O)c2oc3c(C)ccc(C)c3c2C)n(C2CCS(=O)(=O)C2)n1. The van der Waals surface area contributed by atoms with Gasteiger partial charge in [-0.15, -0.1) is 0 Å². The Labute approximate surface area is 163 Å². The molecule has 1 aromatic carbocycles. The molecule has 1 N–H and O–H groups in total. The van der Waals surface area contributed by atoms with Crippen LogP contribution >= 0.6 is 0 Å². The summed E-state index contributed by atoms with van der Waals surface area (Å²) in [5.41, 5.74) is 4.25. The first-order chi connectivity index (χ1) is 13.2. The summed E-state index contributed by atoms with van der Waals surface area (Å²) in [5, 5.41) is 8.23. The maximum absolute atomic E-state index is 13.0. The molecule has 0 saturated carbocycles. The maximum atomic E-state index is 13.0. The van der Waals surface area contributed by atoms with Crippen molar-refractivity contribution in [1.82, 2.24) is 9.78 Å². The largest absolute Gasteiger partial charge is 0.450 e. The van der Waals surface area contributed by atoms with E-state index < -0.39 is 9.84 Å². The van der Waals surface area contributed by atoms with Gasteiger partial charge >= 0.3 is 0 Å². The molecule has 2 aromatic heterocycles. The average Bonchev–Trinajstić information content (AvgIpc) is 3.27. The minimum atomic E-state index is -3.06. The number of carbonyl (C=O) groups is 1. The molecule has 1 unspecified atom stereocenters. The zero-order valence-corrected chi connectivity index (χ0v) is 17.2. The van der Waals surface area contributed by atoms with Gasteiger partial charge in [-0.1, -0.05) is 12.1 Å². The van der Waals surface area contributed by atoms with E-state index in [-0.39, 0.29) is 29.2 Å². The molecule has 1 amide bonds. The van der Waals surface area contributed by atoms with Crippen LogP contribution in [0.5, 0.6) is 0 Å². The van der Waals surface area contributed by atoms with Gasteiger partial charge in [0.2, 0.25) is 0 Å². The van der Waals surface area contributed by atoms with Crippen molar-refractivity contribution in [2.24, 2.45) is 0 Å². The van der Waals surface area contributed by atoms with Crippen LogP contribution in [0, 0.1) is 27.7 Å². The number of nitrogens with one attached hydrogen (secondary N) is 1. The van der Waals surface area contributed by atoms with E-state index in [0.717, 1.165) is 22.1 Å². The van der Waals surface area contributed by atoms with Gasteiger partial charge in [0.05, 0.1) is 23.2 Å². The minimum absolute atomic E-state index is 0.0407. The molecule has 0 bridgehead atoms. The van der Waals surface area contributed by atoms with Crippen LogP contribution in [0.4, 0.5) is 5.82 Å². The highest BCUT2D eigenvalue weighted by Crippen LogP contribution is 2.32. The van der Waals surface area contributed by atoms with E-state index in [1.165, 1.54) is 0 Å². The van der Waals surface area contributed by atoms with Gasteiger partial charge in [0.25, 0.3) is 5.91 Å². The number of benzene rings is 1. The van der Waals surface area contributed by atoms with Crippen LogP contribution in [0.1, 0.15) is 45.4 Å². The number of rotatable bonds is 3. The molecule has 0 radical (unpaired) electrons. The molecule has 1 aliphatic heterocycles. The number of hydrogen-bond donors (Lipinski definition) is 1. The van der Waals surface area contributed by atoms with Crippen LogP contribution in [-0.4, -0.2) is 35.6 Å². The Balaban J connectivity index is 1.69. The second-order valence-electron chi connectivity index (χ2n) is 7.59. The van der Waals surface area contributed by atoms with Gasteiger partial charge in [-0.05, 0) is 45.2 Å². The standard InChI is InChI=1S/C20H23N3O4S/c1-11-5-6-12(2)18-17(11)14(4)19(27-18)20(24)21-16-9-13(3)22-23(16)15-7-8-28(25,26)10-15/h5-6,9,15H,7-8,10H2,1-4H3,(H,21,24). The number of furan rings is 1. The molecule has 0 aliphatic carbocycles. The molecule has 4 rings (SSSR count). The second kappa shape index (κ2) is 6.48. The predicted molar refractivity (Wildman–Crippen MR) is 108 cm³/mol. The summed E-state index contributed by atoms with van der Waals surface area (Å²) in [4.78, 5) is 13.0. The lowest BCUT2D eigenvalue weighted by molar-refractivity contribution is 0.0996. The fourth-order valence-electron chi connectivity index (χ4n) is 3.92. The van der Waals surface area contributed by atoms with Gasteiger partial charge in [0, 0.05) is 17.0 Å². The lowest BCUT2D eigenvalue weighted by Crippen LogP contribution is -2.19. The smallest absolute Gasteiger partial charge is 0.292 e. The van der Waals surface area contributed by atoms with Crippen molar-refractivity contribution in [3.8, 4) is 0 Å². The van der Waals surface area contributed by atoms with Crippen molar-refractivity contribution >= 4 is 32.5 Å². The van der Waals surface area contributed by atoms with E-state index >= 15 is 0 Å². The minimum Gasteiger partial charge on any atom is -0.450 e. The summed E-state index contributed by atoms with van der Waals surface area (Å²) in [6.07, 6.45) is 0.494. The number of aromatic nitrogens is 2. The quantitative estimate of drug-likeness (QED) is 0.725. The van der Waals surface area contributed by atoms with Crippen molar-refractivity contribution in [2.75, 3.05) is 16.8 Å². The van der Waals surface area contributed by atoms with Crippen molar-refractivity contribution in [1.29, 1.82) is 0 Å². The molecule has 28 heavy (non-hydrogen) atoms. The predicted octanol–water partition coefficient (Wildman–Crippen LogP) is 3.47. The number of nitrogens with zero attached hydrogens (tertiary/aromatic N) is 2. The zero-order chi connectivity index (χ0) is 20.2. The first kappa shape index (κ1) is 18.7. The van der Waals surface area contributed by atoms with Crippen molar-refractivity contribution in [3.63, 3.8) is 0 Å². The molecular formula is C20H23N3O4S. The molecular weight excluding hydrogens is 378 g/mol. The average molecular weight is 401 g/mol. The summed E-state index contributed by atoms with van der Waals surface area (Å²) in [7, 11) is -3.06. The summed E-state index contributed by atoms with van der Waals surface area (Å²) in [6.45, 7) is 7.63. The molecule has 1 aliphatic rings. The van der Waals surface area contributed by atoms with Crippen LogP contribution in [0.15, 0.2) is 22.6 Å². The van der Waals surface area contributed by atoms with Gasteiger partial charge in [0.1, 0.15) is 11.4 Å². The Morgan fingerprint density at radius 1 is 1.21 bits per heavy atom. The van der Waals surface area contributed by atoms with Crippen molar-refractivity contribution < 1.29 is 17.6 Å². The van der Waals surface area contributed by atoms with E-state index in [2.05, 4.69) is 10.4 Å². The monoisotopic (exact) mass is 401 g/mol. The Kier molecular flexibility index (Phi) is 4.33. The molecule has 1 saturated heterocycles. The van der Waals surface area contributed by atoms with Crippen LogP contribution < -0.4 is 5.32 Å². The Hall–Kier alpha value is -2.61. The number of sulfone groups is 1. The fraction of sp³-hybridized carbons (Fsp3) is 0.400. The van der Waals surface area contributed by atoms with Gasteiger partial charge in [-0.2, -0.15) is 5.10 Å². The zero-order valence-electron chi connectivity index (χ0n) is 16.4. The van der Waals surface area contributed by atoms with E-state index in [1.54, 1.807) is 10.7 Å². The normalized spacial score (nSPS) is 18.6. The number of aryl methyl sites for hydroxylation is 4. The number of hydrogen-bond acceptors (Lipinski definition) is 5. The lowest BCUT2D eigenvalue weighted by Gasteiger charge is -2.13. The lowest BCUT2D eigenvalue weighted by atomic mass is 10.0. The second-order valence-corrected chi connectivity index (χ2v) is 9.81. The Morgan fingerprint density at radius 3 is 2.57 bits per heavy atom. The summed E-state index contributed by atoms with van der Waals surface area (Å²) < 4.78 is 31.2. The number of carbonyl (C=O) groups excluding carboxylic acids is 1. The third kappa shape index (κ3) is 3.11. The highest BCUT2D eigenvalue weighted by atomic mass is 32.2. The van der Waals surface area contributed by atoms with E-state index in [0.29, 0.717) is 23.5 Å². The Morgan fingerprint density at radius 2 is 1.93 bits per heavy atom. The first-order valence-corrected chi connectivity index (χ1v) is 11.1. The van der Waals surface area contributed by atoms with E-state index in [9.17, 15) is 13.2 Å². The van der Waals surface area contributed by atoms with Gasteiger partial charge in [-0.25, -0.2) is 13.1 Å². The molecule has 1 atom stereocenters. The summed E-state index contributed by atoms with van der Waals surface area (Å²) in [5.74, 6) is 0.564. The highest BCUT2D eigenvalue weighted by molar-refractivity contribution is 7.91. The number of amides is 1. The molecule has 3 aromatic rings. The first-order valence-electron chi connectivity index (χ1n) is 9.23. The topological polar surface area (TPSA) is 94.2 Å². The van der Waals surface area contributed by atoms with E-state index in [1.807, 2.05) is 39.8 Å². The van der Waals surface area contributed by atoms with Crippen LogP contribution in [-0.2, 0) is 9.84 Å². The third-order valence-electron chi connectivity index (χ3n) is 5.34. The van der Waals surface area contributed by atoms with Crippen molar-refractivity contribution in [3.05, 3.63) is 46.3 Å². The molecule has 3 heterocycles. The molecule has 0 spiro atoms. The summed E-state index contributed by atoms with van der Waals surface area (Å²) >= 11 is 0. The maximum Gasteiger partial charge on any atom is 0.292 e. The number of fused-ring (bicyclic) bond motifs is 1. The highest BCUT2D eigenvalue weighted by Gasteiger charge is 2.32. The molecule has 8 heteroatoms.